The SMILES string of the molecule is O=C(Nc1ccc(N2CCCC2)c(C(=O)NCc2ccccc2)c1)c1ccc(Cl)c([N+](=O)[O-])c1. The van der Waals surface area contributed by atoms with Gasteiger partial charge >= 0.3 is 0 Å². The normalized spacial score (nSPS) is 12.9. The zero-order chi connectivity index (χ0) is 24.1. The van der Waals surface area contributed by atoms with Crippen LogP contribution in [-0.2, 0) is 6.54 Å². The molecule has 1 aliphatic rings. The fourth-order valence-electron chi connectivity index (χ4n) is 3.90. The van der Waals surface area contributed by atoms with Gasteiger partial charge < -0.3 is 15.5 Å². The molecule has 34 heavy (non-hydrogen) atoms. The molecule has 0 aliphatic carbocycles. The van der Waals surface area contributed by atoms with E-state index in [9.17, 15) is 19.7 Å². The van der Waals surface area contributed by atoms with Crippen LogP contribution in [0, 0.1) is 10.1 Å². The second kappa shape index (κ2) is 10.4. The van der Waals surface area contributed by atoms with E-state index in [1.54, 1.807) is 12.1 Å². The summed E-state index contributed by atoms with van der Waals surface area (Å²) in [4.78, 5) is 38.5. The highest BCUT2D eigenvalue weighted by Crippen LogP contribution is 2.29. The molecule has 0 aromatic heterocycles. The maximum absolute atomic E-state index is 13.1. The minimum absolute atomic E-state index is 0.0473. The van der Waals surface area contributed by atoms with Crippen molar-refractivity contribution in [2.75, 3.05) is 23.3 Å². The van der Waals surface area contributed by atoms with Gasteiger partial charge in [-0.15, -0.1) is 0 Å². The largest absolute Gasteiger partial charge is 0.371 e. The summed E-state index contributed by atoms with van der Waals surface area (Å²) in [6, 6.07) is 18.6. The van der Waals surface area contributed by atoms with Crippen LogP contribution in [0.2, 0.25) is 5.02 Å². The second-order valence-corrected chi connectivity index (χ2v) is 8.38. The number of nitro groups is 1. The van der Waals surface area contributed by atoms with Crippen LogP contribution in [0.25, 0.3) is 0 Å². The molecule has 0 atom stereocenters. The van der Waals surface area contributed by atoms with Gasteiger partial charge in [-0.3, -0.25) is 19.7 Å². The number of benzene rings is 3. The molecule has 9 heteroatoms. The number of nitrogens with one attached hydrogen (secondary N) is 2. The minimum atomic E-state index is -0.640. The number of nitrogens with zero attached hydrogens (tertiary/aromatic N) is 2. The molecule has 8 nitrogen and oxygen atoms in total. The van der Waals surface area contributed by atoms with Crippen molar-refractivity contribution >= 4 is 40.5 Å². The number of nitro benzene ring substituents is 1. The molecular weight excluding hydrogens is 456 g/mol. The zero-order valence-corrected chi connectivity index (χ0v) is 19.0. The first-order valence-electron chi connectivity index (χ1n) is 10.9. The van der Waals surface area contributed by atoms with Crippen molar-refractivity contribution in [3.8, 4) is 0 Å². The second-order valence-electron chi connectivity index (χ2n) is 7.97. The zero-order valence-electron chi connectivity index (χ0n) is 18.3. The van der Waals surface area contributed by atoms with Gasteiger partial charge in [0.2, 0.25) is 0 Å². The highest BCUT2D eigenvalue weighted by molar-refractivity contribution is 6.32. The summed E-state index contributed by atoms with van der Waals surface area (Å²) < 4.78 is 0. The molecule has 2 amide bonds. The number of amides is 2. The molecule has 174 valence electrons. The molecule has 1 aliphatic heterocycles. The monoisotopic (exact) mass is 478 g/mol. The van der Waals surface area contributed by atoms with Gasteiger partial charge in [0, 0.05) is 42.6 Å². The topological polar surface area (TPSA) is 105 Å². The van der Waals surface area contributed by atoms with E-state index in [1.165, 1.54) is 12.1 Å². The number of rotatable bonds is 7. The highest BCUT2D eigenvalue weighted by atomic mass is 35.5. The van der Waals surface area contributed by atoms with E-state index < -0.39 is 10.8 Å². The van der Waals surface area contributed by atoms with E-state index in [0.29, 0.717) is 17.8 Å². The van der Waals surface area contributed by atoms with Crippen molar-refractivity contribution in [3.63, 3.8) is 0 Å². The predicted molar refractivity (Wildman–Crippen MR) is 132 cm³/mol. The van der Waals surface area contributed by atoms with E-state index >= 15 is 0 Å². The molecule has 4 rings (SSSR count). The fourth-order valence-corrected chi connectivity index (χ4v) is 4.09. The number of carbonyl (C=O) groups is 2. The lowest BCUT2D eigenvalue weighted by Gasteiger charge is -2.22. The first kappa shape index (κ1) is 23.3. The fraction of sp³-hybridized carbons (Fsp3) is 0.200. The molecule has 0 radical (unpaired) electrons. The Morgan fingerprint density at radius 2 is 1.71 bits per heavy atom. The summed E-state index contributed by atoms with van der Waals surface area (Å²) in [6.45, 7) is 2.10. The average Bonchev–Trinajstić information content (AvgIpc) is 3.38. The summed E-state index contributed by atoms with van der Waals surface area (Å²) >= 11 is 5.84. The number of hydrogen-bond donors (Lipinski definition) is 2. The Morgan fingerprint density at radius 3 is 2.41 bits per heavy atom. The summed E-state index contributed by atoms with van der Waals surface area (Å²) in [5.74, 6) is -0.784. The molecule has 0 bridgehead atoms. The van der Waals surface area contributed by atoms with Gasteiger partial charge in [0.05, 0.1) is 10.5 Å². The van der Waals surface area contributed by atoms with Crippen LogP contribution < -0.4 is 15.5 Å². The maximum atomic E-state index is 13.1. The standard InChI is InChI=1S/C25H23ClN4O4/c26-21-10-8-18(14-23(21)30(33)34)24(31)28-19-9-11-22(29-12-4-5-13-29)20(15-19)25(32)27-16-17-6-2-1-3-7-17/h1-3,6-11,14-15H,4-5,12-13,16H2,(H,27,32)(H,28,31). The van der Waals surface area contributed by atoms with Crippen LogP contribution in [0.15, 0.2) is 66.7 Å². The van der Waals surface area contributed by atoms with E-state index in [4.69, 9.17) is 11.6 Å². The molecule has 2 N–H and O–H groups in total. The lowest BCUT2D eigenvalue weighted by molar-refractivity contribution is -0.384. The third kappa shape index (κ3) is 5.35. The summed E-state index contributed by atoms with van der Waals surface area (Å²) in [6.07, 6.45) is 2.11. The van der Waals surface area contributed by atoms with Gasteiger partial charge in [-0.1, -0.05) is 41.9 Å². The minimum Gasteiger partial charge on any atom is -0.371 e. The van der Waals surface area contributed by atoms with Gasteiger partial charge in [-0.25, -0.2) is 0 Å². The van der Waals surface area contributed by atoms with Crippen LogP contribution in [0.4, 0.5) is 17.1 Å². The quantitative estimate of drug-likeness (QED) is 0.366. The Hall–Kier alpha value is -3.91. The highest BCUT2D eigenvalue weighted by Gasteiger charge is 2.21. The van der Waals surface area contributed by atoms with Gasteiger partial charge in [-0.05, 0) is 48.7 Å². The Balaban J connectivity index is 1.57. The van der Waals surface area contributed by atoms with E-state index in [-0.39, 0.29) is 22.2 Å². The third-order valence-corrected chi connectivity index (χ3v) is 5.97. The maximum Gasteiger partial charge on any atom is 0.288 e. The van der Waals surface area contributed by atoms with Crippen molar-refractivity contribution in [1.82, 2.24) is 5.32 Å². The van der Waals surface area contributed by atoms with Crippen molar-refractivity contribution in [1.29, 1.82) is 0 Å². The van der Waals surface area contributed by atoms with Crippen LogP contribution >= 0.6 is 11.6 Å². The van der Waals surface area contributed by atoms with Crippen molar-refractivity contribution < 1.29 is 14.5 Å². The molecule has 1 fully saturated rings. The molecule has 0 spiro atoms. The van der Waals surface area contributed by atoms with Gasteiger partial charge in [0.25, 0.3) is 17.5 Å². The summed E-state index contributed by atoms with van der Waals surface area (Å²) in [7, 11) is 0. The number of carbonyl (C=O) groups excluding carboxylic acids is 2. The Labute approximate surface area is 201 Å². The first-order chi connectivity index (χ1) is 16.4. The molecule has 1 saturated heterocycles. The average molecular weight is 479 g/mol. The van der Waals surface area contributed by atoms with Crippen LogP contribution in [0.3, 0.4) is 0 Å². The van der Waals surface area contributed by atoms with Gasteiger partial charge in [-0.2, -0.15) is 0 Å². The van der Waals surface area contributed by atoms with Crippen molar-refractivity contribution in [2.45, 2.75) is 19.4 Å². The van der Waals surface area contributed by atoms with Gasteiger partial charge in [0.15, 0.2) is 0 Å². The Bertz CT molecular complexity index is 1230. The number of halogens is 1. The number of hydrogen-bond acceptors (Lipinski definition) is 5. The Morgan fingerprint density at radius 1 is 0.971 bits per heavy atom. The molecule has 3 aromatic carbocycles. The predicted octanol–water partition coefficient (Wildman–Crippen LogP) is 5.03. The smallest absolute Gasteiger partial charge is 0.288 e. The third-order valence-electron chi connectivity index (χ3n) is 5.65. The van der Waals surface area contributed by atoms with Crippen LogP contribution in [0.5, 0.6) is 0 Å². The molecule has 0 unspecified atom stereocenters. The van der Waals surface area contributed by atoms with Crippen molar-refractivity contribution in [3.05, 3.63) is 98.6 Å². The molecule has 0 saturated carbocycles. The lowest BCUT2D eigenvalue weighted by atomic mass is 10.1. The molecular formula is C25H23ClN4O4. The first-order valence-corrected chi connectivity index (χ1v) is 11.3. The Kier molecular flexibility index (Phi) is 7.08. The molecule has 3 aromatic rings. The lowest BCUT2D eigenvalue weighted by Crippen LogP contribution is -2.27. The van der Waals surface area contributed by atoms with E-state index in [0.717, 1.165) is 43.2 Å². The van der Waals surface area contributed by atoms with E-state index in [2.05, 4.69) is 15.5 Å². The molecule has 1 heterocycles. The summed E-state index contributed by atoms with van der Waals surface area (Å²) in [5, 5.41) is 16.8. The van der Waals surface area contributed by atoms with Crippen molar-refractivity contribution in [2.24, 2.45) is 0 Å². The van der Waals surface area contributed by atoms with E-state index in [1.807, 2.05) is 36.4 Å². The summed E-state index contributed by atoms with van der Waals surface area (Å²) in [5.41, 5.74) is 2.40. The number of anilines is 2. The van der Waals surface area contributed by atoms with Crippen LogP contribution in [0.1, 0.15) is 39.1 Å². The van der Waals surface area contributed by atoms with Gasteiger partial charge in [0.1, 0.15) is 5.02 Å². The van der Waals surface area contributed by atoms with Crippen LogP contribution in [-0.4, -0.2) is 29.8 Å².